The van der Waals surface area contributed by atoms with Gasteiger partial charge in [0.15, 0.2) is 0 Å². The van der Waals surface area contributed by atoms with Crippen LogP contribution in [0.3, 0.4) is 0 Å². The molecular weight excluding hydrogens is 384 g/mol. The third-order valence-electron chi connectivity index (χ3n) is 4.05. The highest BCUT2D eigenvalue weighted by molar-refractivity contribution is 8.15. The molecule has 0 bridgehead atoms. The topological polar surface area (TPSA) is 105 Å². The zero-order chi connectivity index (χ0) is 20.3. The number of amides is 3. The maximum atomic E-state index is 12.8. The van der Waals surface area contributed by atoms with Crippen molar-refractivity contribution in [3.8, 4) is 17.2 Å². The van der Waals surface area contributed by atoms with E-state index in [1.165, 1.54) is 26.4 Å². The molecule has 0 aliphatic carbocycles. The van der Waals surface area contributed by atoms with E-state index in [0.29, 0.717) is 22.9 Å². The molecule has 1 atom stereocenters. The van der Waals surface area contributed by atoms with E-state index in [1.807, 2.05) is 0 Å². The summed E-state index contributed by atoms with van der Waals surface area (Å²) in [6.45, 7) is 0. The summed E-state index contributed by atoms with van der Waals surface area (Å²) >= 11 is 0.788. The Morgan fingerprint density at radius 3 is 2.64 bits per heavy atom. The third-order valence-corrected chi connectivity index (χ3v) is 5.09. The second-order valence-electron chi connectivity index (χ2n) is 5.89. The molecule has 1 aliphatic heterocycles. The second kappa shape index (κ2) is 8.22. The Kier molecular flexibility index (Phi) is 5.74. The first-order chi connectivity index (χ1) is 13.4. The van der Waals surface area contributed by atoms with Crippen LogP contribution in [0.4, 0.5) is 16.2 Å². The first-order valence-electron chi connectivity index (χ1n) is 8.28. The molecule has 0 spiro atoms. The fourth-order valence-corrected chi connectivity index (χ4v) is 3.72. The lowest BCUT2D eigenvalue weighted by atomic mass is 10.2. The smallest absolute Gasteiger partial charge is 0.293 e. The van der Waals surface area contributed by atoms with Crippen LogP contribution in [0.5, 0.6) is 17.2 Å². The van der Waals surface area contributed by atoms with Gasteiger partial charge >= 0.3 is 0 Å². The predicted molar refractivity (Wildman–Crippen MR) is 105 cm³/mol. The molecule has 0 saturated carbocycles. The molecule has 3 amide bonds. The van der Waals surface area contributed by atoms with E-state index in [0.717, 1.165) is 16.7 Å². The summed E-state index contributed by atoms with van der Waals surface area (Å²) < 4.78 is 10.4. The maximum Gasteiger partial charge on any atom is 0.293 e. The van der Waals surface area contributed by atoms with Crippen molar-refractivity contribution >= 4 is 40.2 Å². The number of anilines is 2. The lowest BCUT2D eigenvalue weighted by molar-refractivity contribution is -0.121. The lowest BCUT2D eigenvalue weighted by Crippen LogP contribution is -2.33. The first-order valence-corrected chi connectivity index (χ1v) is 9.16. The number of phenols is 1. The van der Waals surface area contributed by atoms with Crippen LogP contribution in [-0.4, -0.2) is 41.6 Å². The van der Waals surface area contributed by atoms with Crippen LogP contribution in [0.25, 0.3) is 0 Å². The van der Waals surface area contributed by atoms with Crippen molar-refractivity contribution < 1.29 is 29.0 Å². The van der Waals surface area contributed by atoms with Crippen molar-refractivity contribution in [2.45, 2.75) is 11.7 Å². The molecule has 9 heteroatoms. The van der Waals surface area contributed by atoms with E-state index in [-0.39, 0.29) is 12.2 Å². The first kappa shape index (κ1) is 19.6. The molecule has 2 N–H and O–H groups in total. The van der Waals surface area contributed by atoms with Crippen molar-refractivity contribution in [2.24, 2.45) is 0 Å². The van der Waals surface area contributed by atoms with Gasteiger partial charge in [0, 0.05) is 24.2 Å². The SMILES string of the molecule is COc1ccc(N2C(=O)SC(CC(=O)Nc3cccc(O)c3)C2=O)c(OC)c1. The van der Waals surface area contributed by atoms with E-state index < -0.39 is 22.3 Å². The molecule has 2 aromatic rings. The van der Waals surface area contributed by atoms with Crippen LogP contribution in [0, 0.1) is 0 Å². The van der Waals surface area contributed by atoms with Crippen molar-refractivity contribution in [3.05, 3.63) is 42.5 Å². The number of phenolic OH excluding ortho intramolecular Hbond substituents is 1. The molecule has 8 nitrogen and oxygen atoms in total. The number of nitrogens with one attached hydrogen (secondary N) is 1. The number of hydrogen-bond acceptors (Lipinski definition) is 7. The molecule has 1 fully saturated rings. The lowest BCUT2D eigenvalue weighted by Gasteiger charge is -2.18. The predicted octanol–water partition coefficient (Wildman–Crippen LogP) is 3.01. The molecule has 1 unspecified atom stereocenters. The number of carbonyl (C=O) groups is 3. The number of rotatable bonds is 6. The van der Waals surface area contributed by atoms with Gasteiger partial charge in [-0.3, -0.25) is 14.4 Å². The van der Waals surface area contributed by atoms with E-state index in [9.17, 15) is 19.5 Å². The molecule has 0 radical (unpaired) electrons. The van der Waals surface area contributed by atoms with Crippen LogP contribution in [0.15, 0.2) is 42.5 Å². The molecule has 28 heavy (non-hydrogen) atoms. The van der Waals surface area contributed by atoms with Crippen molar-refractivity contribution in [2.75, 3.05) is 24.4 Å². The number of thioether (sulfide) groups is 1. The fraction of sp³-hybridized carbons (Fsp3) is 0.211. The van der Waals surface area contributed by atoms with Crippen molar-refractivity contribution in [1.29, 1.82) is 0 Å². The van der Waals surface area contributed by atoms with Crippen LogP contribution < -0.4 is 19.7 Å². The van der Waals surface area contributed by atoms with Crippen molar-refractivity contribution in [3.63, 3.8) is 0 Å². The average Bonchev–Trinajstić information content (AvgIpc) is 2.94. The minimum atomic E-state index is -0.850. The number of nitrogens with zero attached hydrogens (tertiary/aromatic N) is 1. The van der Waals surface area contributed by atoms with E-state index in [2.05, 4.69) is 5.32 Å². The number of aromatic hydroxyl groups is 1. The quantitative estimate of drug-likeness (QED) is 0.765. The third kappa shape index (κ3) is 4.04. The monoisotopic (exact) mass is 402 g/mol. The Hall–Kier alpha value is -3.20. The van der Waals surface area contributed by atoms with Gasteiger partial charge in [0.2, 0.25) is 11.8 Å². The second-order valence-corrected chi connectivity index (χ2v) is 7.04. The molecular formula is C19H18N2O6S. The fourth-order valence-electron chi connectivity index (χ4n) is 2.74. The number of hydrogen-bond donors (Lipinski definition) is 2. The molecule has 2 aromatic carbocycles. The van der Waals surface area contributed by atoms with Gasteiger partial charge in [-0.05, 0) is 36.0 Å². The Balaban J connectivity index is 1.74. The number of carbonyl (C=O) groups excluding carboxylic acids is 3. The summed E-state index contributed by atoms with van der Waals surface area (Å²) in [5.74, 6) is -0.0877. The summed E-state index contributed by atoms with van der Waals surface area (Å²) in [5, 5.41) is 10.7. The van der Waals surface area contributed by atoms with E-state index in [4.69, 9.17) is 9.47 Å². The zero-order valence-corrected chi connectivity index (χ0v) is 16.0. The number of ether oxygens (including phenoxy) is 2. The molecule has 0 aromatic heterocycles. The Morgan fingerprint density at radius 2 is 1.96 bits per heavy atom. The van der Waals surface area contributed by atoms with Gasteiger partial charge in [0.1, 0.15) is 22.5 Å². The van der Waals surface area contributed by atoms with E-state index >= 15 is 0 Å². The van der Waals surface area contributed by atoms with Gasteiger partial charge in [-0.2, -0.15) is 0 Å². The summed E-state index contributed by atoms with van der Waals surface area (Å²) in [6, 6.07) is 10.8. The van der Waals surface area contributed by atoms with Crippen molar-refractivity contribution in [1.82, 2.24) is 0 Å². The van der Waals surface area contributed by atoms with Gasteiger partial charge in [0.05, 0.1) is 19.9 Å². The van der Waals surface area contributed by atoms with Gasteiger partial charge in [-0.15, -0.1) is 0 Å². The summed E-state index contributed by atoms with van der Waals surface area (Å²) in [6.07, 6.45) is -0.181. The van der Waals surface area contributed by atoms with Crippen LogP contribution >= 0.6 is 11.8 Å². The zero-order valence-electron chi connectivity index (χ0n) is 15.2. The molecule has 146 valence electrons. The summed E-state index contributed by atoms with van der Waals surface area (Å²) in [7, 11) is 2.92. The van der Waals surface area contributed by atoms with Gasteiger partial charge in [-0.25, -0.2) is 4.90 Å². The number of methoxy groups -OCH3 is 2. The summed E-state index contributed by atoms with van der Waals surface area (Å²) in [5.41, 5.74) is 0.696. The Morgan fingerprint density at radius 1 is 1.18 bits per heavy atom. The standard InChI is InChI=1S/C19H18N2O6S/c1-26-13-6-7-14(15(9-13)27-2)21-18(24)16(28-19(21)25)10-17(23)20-11-4-3-5-12(22)8-11/h3-9,16,22H,10H2,1-2H3,(H,20,23). The van der Waals surface area contributed by atoms with Gasteiger partial charge in [0.25, 0.3) is 5.24 Å². The van der Waals surface area contributed by atoms with Crippen LogP contribution in [-0.2, 0) is 9.59 Å². The van der Waals surface area contributed by atoms with Crippen LogP contribution in [0.1, 0.15) is 6.42 Å². The molecule has 1 aliphatic rings. The molecule has 3 rings (SSSR count). The minimum absolute atomic E-state index is 0.0112. The highest BCUT2D eigenvalue weighted by Gasteiger charge is 2.42. The average molecular weight is 402 g/mol. The van der Waals surface area contributed by atoms with Crippen LogP contribution in [0.2, 0.25) is 0 Å². The number of imide groups is 1. The van der Waals surface area contributed by atoms with Gasteiger partial charge < -0.3 is 19.9 Å². The maximum absolute atomic E-state index is 12.8. The number of benzene rings is 2. The van der Waals surface area contributed by atoms with Gasteiger partial charge in [-0.1, -0.05) is 6.07 Å². The largest absolute Gasteiger partial charge is 0.508 e. The Labute approximate surface area is 165 Å². The highest BCUT2D eigenvalue weighted by atomic mass is 32.2. The highest BCUT2D eigenvalue weighted by Crippen LogP contribution is 2.39. The summed E-state index contributed by atoms with van der Waals surface area (Å²) in [4.78, 5) is 38.4. The Bertz CT molecular complexity index is 932. The van der Waals surface area contributed by atoms with E-state index in [1.54, 1.807) is 30.3 Å². The molecule has 1 heterocycles. The minimum Gasteiger partial charge on any atom is -0.508 e. The molecule has 1 saturated heterocycles. The normalized spacial score (nSPS) is 16.2.